The highest BCUT2D eigenvalue weighted by atomic mass is 16.5. The van der Waals surface area contributed by atoms with E-state index in [1.807, 2.05) is 18.2 Å². The molecule has 146 valence electrons. The summed E-state index contributed by atoms with van der Waals surface area (Å²) < 4.78 is 6.21. The molecule has 0 saturated heterocycles. The van der Waals surface area contributed by atoms with Gasteiger partial charge in [-0.1, -0.05) is 73.5 Å². The molecule has 0 heterocycles. The Hall–Kier alpha value is -1.68. The monoisotopic (exact) mass is 368 g/mol. The van der Waals surface area contributed by atoms with Crippen molar-refractivity contribution in [1.82, 2.24) is 0 Å². The maximum Gasteiger partial charge on any atom is 0.126 e. The van der Waals surface area contributed by atoms with Crippen LogP contribution in [-0.2, 0) is 4.74 Å². The first-order valence-electron chi connectivity index (χ1n) is 10.4. The molecule has 0 aliphatic heterocycles. The molecular weight excluding hydrogens is 334 g/mol. The maximum atomic E-state index is 10.5. The summed E-state index contributed by atoms with van der Waals surface area (Å²) in [7, 11) is 0. The van der Waals surface area contributed by atoms with Crippen LogP contribution in [-0.4, -0.2) is 30.4 Å². The molecule has 1 saturated carbocycles. The molecule has 3 nitrogen and oxygen atoms in total. The van der Waals surface area contributed by atoms with Crippen LogP contribution in [0.4, 0.5) is 0 Å². The van der Waals surface area contributed by atoms with Crippen molar-refractivity contribution in [3.8, 4) is 0 Å². The first-order valence-corrected chi connectivity index (χ1v) is 10.4. The van der Waals surface area contributed by atoms with Gasteiger partial charge in [-0.05, 0) is 37.3 Å². The number of hydrogen-bond donors (Lipinski definition) is 2. The summed E-state index contributed by atoms with van der Waals surface area (Å²) in [5.74, 6) is 0.747. The summed E-state index contributed by atoms with van der Waals surface area (Å²) in [4.78, 5) is 0. The Morgan fingerprint density at radius 3 is 2.37 bits per heavy atom. The van der Waals surface area contributed by atoms with Crippen LogP contribution in [0.1, 0.15) is 55.4 Å². The zero-order valence-electron chi connectivity index (χ0n) is 16.7. The zero-order valence-corrected chi connectivity index (χ0v) is 16.7. The first kappa shape index (κ1) is 20.1. The number of ether oxygens (including phenoxy) is 1. The molecule has 2 aromatic rings. The summed E-state index contributed by atoms with van der Waals surface area (Å²) in [6, 6.07) is 19.4. The van der Waals surface area contributed by atoms with Crippen molar-refractivity contribution in [1.29, 1.82) is 0 Å². The molecule has 1 aliphatic rings. The predicted molar refractivity (Wildman–Crippen MR) is 110 cm³/mol. The normalized spacial score (nSPS) is 22.3. The van der Waals surface area contributed by atoms with E-state index in [1.165, 1.54) is 31.2 Å². The Labute approximate surface area is 163 Å². The fourth-order valence-electron chi connectivity index (χ4n) is 4.06. The highest BCUT2D eigenvalue weighted by Gasteiger charge is 2.25. The van der Waals surface area contributed by atoms with E-state index < -0.39 is 6.10 Å². The average Bonchev–Trinajstić information content (AvgIpc) is 2.69. The molecule has 1 fully saturated rings. The lowest BCUT2D eigenvalue weighted by atomic mass is 9.86. The molecule has 4 atom stereocenters. The fourth-order valence-corrected chi connectivity index (χ4v) is 4.06. The van der Waals surface area contributed by atoms with Crippen LogP contribution in [0.5, 0.6) is 0 Å². The standard InChI is InChI=1S/C24H33NO2/c1-18-12-14-21(15-13-18)24(20-9-4-3-5-10-20)27-17-22(26)16-25-23-11-7-6-8-19(23)2/h3-5,9-10,12-15,19,22-26H,6-8,11,16-17H2,1-2H3/p+1/t19-,22+,23+,24+/m0/s1. The average molecular weight is 369 g/mol. The number of hydrogen-bond acceptors (Lipinski definition) is 2. The second-order valence-corrected chi connectivity index (χ2v) is 8.09. The Morgan fingerprint density at radius 2 is 1.67 bits per heavy atom. The second kappa shape index (κ2) is 10.0. The van der Waals surface area contributed by atoms with Crippen molar-refractivity contribution >= 4 is 0 Å². The Balaban J connectivity index is 1.58. The van der Waals surface area contributed by atoms with E-state index in [-0.39, 0.29) is 6.10 Å². The molecule has 0 aromatic heterocycles. The van der Waals surface area contributed by atoms with E-state index in [1.54, 1.807) is 0 Å². The van der Waals surface area contributed by atoms with Crippen molar-refractivity contribution in [2.75, 3.05) is 13.2 Å². The Morgan fingerprint density at radius 1 is 1.00 bits per heavy atom. The highest BCUT2D eigenvalue weighted by molar-refractivity contribution is 5.31. The third-order valence-electron chi connectivity index (χ3n) is 5.83. The van der Waals surface area contributed by atoms with Gasteiger partial charge in [-0.3, -0.25) is 0 Å². The van der Waals surface area contributed by atoms with Crippen LogP contribution in [0.15, 0.2) is 54.6 Å². The molecule has 0 amide bonds. The van der Waals surface area contributed by atoms with Crippen molar-refractivity contribution in [3.05, 3.63) is 71.3 Å². The summed E-state index contributed by atoms with van der Waals surface area (Å²) in [5, 5.41) is 12.8. The van der Waals surface area contributed by atoms with Crippen LogP contribution in [0.2, 0.25) is 0 Å². The Bertz CT molecular complexity index is 671. The van der Waals surface area contributed by atoms with Gasteiger partial charge in [-0.25, -0.2) is 0 Å². The summed E-state index contributed by atoms with van der Waals surface area (Å²) in [5.41, 5.74) is 3.49. The molecule has 3 heteroatoms. The molecule has 3 rings (SSSR count). The van der Waals surface area contributed by atoms with Crippen molar-refractivity contribution in [3.63, 3.8) is 0 Å². The van der Waals surface area contributed by atoms with Crippen LogP contribution in [0, 0.1) is 12.8 Å². The largest absolute Gasteiger partial charge is 0.385 e. The minimum Gasteiger partial charge on any atom is -0.385 e. The van der Waals surface area contributed by atoms with Gasteiger partial charge >= 0.3 is 0 Å². The molecule has 3 N–H and O–H groups in total. The van der Waals surface area contributed by atoms with Gasteiger partial charge in [-0.2, -0.15) is 0 Å². The molecule has 2 aromatic carbocycles. The van der Waals surface area contributed by atoms with E-state index in [0.717, 1.165) is 17.0 Å². The number of rotatable bonds is 8. The first-order chi connectivity index (χ1) is 13.1. The van der Waals surface area contributed by atoms with E-state index in [4.69, 9.17) is 4.74 Å². The third kappa shape index (κ3) is 5.90. The van der Waals surface area contributed by atoms with Crippen LogP contribution in [0.3, 0.4) is 0 Å². The second-order valence-electron chi connectivity index (χ2n) is 8.09. The van der Waals surface area contributed by atoms with Gasteiger partial charge in [0.25, 0.3) is 0 Å². The van der Waals surface area contributed by atoms with Gasteiger partial charge in [0, 0.05) is 5.92 Å². The fraction of sp³-hybridized carbons (Fsp3) is 0.500. The van der Waals surface area contributed by atoms with Crippen molar-refractivity contribution in [2.24, 2.45) is 5.92 Å². The number of benzene rings is 2. The number of aliphatic hydroxyl groups is 1. The van der Waals surface area contributed by atoms with E-state index in [9.17, 15) is 5.11 Å². The molecule has 0 radical (unpaired) electrons. The van der Waals surface area contributed by atoms with Gasteiger partial charge < -0.3 is 15.2 Å². The topological polar surface area (TPSA) is 46.1 Å². The van der Waals surface area contributed by atoms with Gasteiger partial charge in [0.1, 0.15) is 18.8 Å². The molecule has 0 unspecified atom stereocenters. The molecular formula is C24H34NO2+. The third-order valence-corrected chi connectivity index (χ3v) is 5.83. The van der Waals surface area contributed by atoms with Gasteiger partial charge in [0.15, 0.2) is 0 Å². The van der Waals surface area contributed by atoms with E-state index in [2.05, 4.69) is 55.6 Å². The lowest BCUT2D eigenvalue weighted by Gasteiger charge is -2.27. The number of aryl methyl sites for hydroxylation is 1. The maximum absolute atomic E-state index is 10.5. The zero-order chi connectivity index (χ0) is 19.1. The van der Waals surface area contributed by atoms with E-state index >= 15 is 0 Å². The van der Waals surface area contributed by atoms with Crippen LogP contribution in [0.25, 0.3) is 0 Å². The van der Waals surface area contributed by atoms with E-state index in [0.29, 0.717) is 19.2 Å². The molecule has 0 spiro atoms. The number of quaternary nitrogens is 1. The molecule has 0 bridgehead atoms. The molecule has 27 heavy (non-hydrogen) atoms. The van der Waals surface area contributed by atoms with Crippen LogP contribution < -0.4 is 5.32 Å². The predicted octanol–water partition coefficient (Wildman–Crippen LogP) is 3.60. The minimum atomic E-state index is -0.448. The van der Waals surface area contributed by atoms with Gasteiger partial charge in [0.2, 0.25) is 0 Å². The van der Waals surface area contributed by atoms with Gasteiger partial charge in [0.05, 0.1) is 12.6 Å². The quantitative estimate of drug-likeness (QED) is 0.748. The van der Waals surface area contributed by atoms with Crippen molar-refractivity contribution in [2.45, 2.75) is 57.8 Å². The summed E-state index contributed by atoms with van der Waals surface area (Å²) >= 11 is 0. The van der Waals surface area contributed by atoms with Crippen LogP contribution >= 0.6 is 0 Å². The number of nitrogens with two attached hydrogens (primary N) is 1. The van der Waals surface area contributed by atoms with Gasteiger partial charge in [-0.15, -0.1) is 0 Å². The lowest BCUT2D eigenvalue weighted by Crippen LogP contribution is -2.93. The summed E-state index contributed by atoms with van der Waals surface area (Å²) in [6.45, 7) is 5.50. The summed E-state index contributed by atoms with van der Waals surface area (Å²) in [6.07, 6.45) is 4.67. The Kier molecular flexibility index (Phi) is 7.45. The highest BCUT2D eigenvalue weighted by Crippen LogP contribution is 2.26. The molecule has 1 aliphatic carbocycles. The minimum absolute atomic E-state index is 0.143. The van der Waals surface area contributed by atoms with Crippen molar-refractivity contribution < 1.29 is 15.2 Å². The lowest BCUT2D eigenvalue weighted by molar-refractivity contribution is -0.703. The SMILES string of the molecule is Cc1ccc([C@H](OC[C@H](O)C[NH2+][C@@H]2CCCC[C@@H]2C)c2ccccc2)cc1. The smallest absolute Gasteiger partial charge is 0.126 e. The number of aliphatic hydroxyl groups excluding tert-OH is 1.